The molecule has 0 spiro atoms. The standard InChI is InChI=1S/C14H11BrClNO3S/c1-2-20-14(19)8-3-4-10(9(15)7-8)17-13(18)11-5-6-12(16)21-11/h3-7H,2H2,1H3,(H,17,18). The molecule has 0 fully saturated rings. The molecule has 0 saturated carbocycles. The molecule has 0 unspecified atom stereocenters. The fourth-order valence-electron chi connectivity index (χ4n) is 1.58. The smallest absolute Gasteiger partial charge is 0.338 e. The Balaban J connectivity index is 2.14. The second kappa shape index (κ2) is 7.06. The predicted octanol–water partition coefficient (Wildman–Crippen LogP) is 4.59. The summed E-state index contributed by atoms with van der Waals surface area (Å²) in [4.78, 5) is 24.2. The molecule has 0 saturated heterocycles. The van der Waals surface area contributed by atoms with Crippen LogP contribution in [0.1, 0.15) is 27.0 Å². The van der Waals surface area contributed by atoms with Gasteiger partial charge in [0.05, 0.1) is 27.1 Å². The highest BCUT2D eigenvalue weighted by Gasteiger charge is 2.13. The maximum absolute atomic E-state index is 12.0. The van der Waals surface area contributed by atoms with E-state index < -0.39 is 5.97 Å². The molecule has 0 radical (unpaired) electrons. The Morgan fingerprint density at radius 1 is 1.33 bits per heavy atom. The van der Waals surface area contributed by atoms with Crippen LogP contribution in [0, 0.1) is 0 Å². The van der Waals surface area contributed by atoms with E-state index in [1.807, 2.05) is 0 Å². The molecule has 0 aliphatic heterocycles. The van der Waals surface area contributed by atoms with Crippen LogP contribution in [0.15, 0.2) is 34.8 Å². The van der Waals surface area contributed by atoms with Gasteiger partial charge in [-0.2, -0.15) is 0 Å². The highest BCUT2D eigenvalue weighted by molar-refractivity contribution is 9.10. The van der Waals surface area contributed by atoms with E-state index in [-0.39, 0.29) is 5.91 Å². The van der Waals surface area contributed by atoms with Crippen LogP contribution in [0.25, 0.3) is 0 Å². The topological polar surface area (TPSA) is 55.4 Å². The molecule has 1 aromatic heterocycles. The third-order valence-corrected chi connectivity index (χ3v) is 4.41. The summed E-state index contributed by atoms with van der Waals surface area (Å²) in [5, 5.41) is 2.75. The third kappa shape index (κ3) is 4.06. The van der Waals surface area contributed by atoms with Gasteiger partial charge in [-0.1, -0.05) is 11.6 Å². The van der Waals surface area contributed by atoms with E-state index in [1.54, 1.807) is 37.3 Å². The Hall–Kier alpha value is -1.37. The number of hydrogen-bond acceptors (Lipinski definition) is 4. The molecule has 21 heavy (non-hydrogen) atoms. The van der Waals surface area contributed by atoms with E-state index >= 15 is 0 Å². The van der Waals surface area contributed by atoms with Crippen LogP contribution in [-0.2, 0) is 4.74 Å². The van der Waals surface area contributed by atoms with Gasteiger partial charge in [0.25, 0.3) is 5.91 Å². The maximum atomic E-state index is 12.0. The number of esters is 1. The SMILES string of the molecule is CCOC(=O)c1ccc(NC(=O)c2ccc(Cl)s2)c(Br)c1. The Labute approximate surface area is 139 Å². The van der Waals surface area contributed by atoms with Gasteiger partial charge in [0.1, 0.15) is 0 Å². The summed E-state index contributed by atoms with van der Waals surface area (Å²) in [5.74, 6) is -0.655. The Morgan fingerprint density at radius 3 is 2.67 bits per heavy atom. The molecule has 0 aliphatic rings. The summed E-state index contributed by atoms with van der Waals surface area (Å²) in [7, 11) is 0. The summed E-state index contributed by atoms with van der Waals surface area (Å²) in [5.41, 5.74) is 0.985. The lowest BCUT2D eigenvalue weighted by atomic mass is 10.2. The van der Waals surface area contributed by atoms with Crippen molar-refractivity contribution in [2.24, 2.45) is 0 Å². The summed E-state index contributed by atoms with van der Waals surface area (Å²) in [6.45, 7) is 2.06. The first-order valence-electron chi connectivity index (χ1n) is 6.04. The number of nitrogens with one attached hydrogen (secondary N) is 1. The predicted molar refractivity (Wildman–Crippen MR) is 87.4 cm³/mol. The number of carbonyl (C=O) groups is 2. The number of anilines is 1. The van der Waals surface area contributed by atoms with Gasteiger partial charge in [-0.25, -0.2) is 4.79 Å². The molecule has 4 nitrogen and oxygen atoms in total. The number of benzene rings is 1. The zero-order chi connectivity index (χ0) is 15.4. The molecule has 1 heterocycles. The van der Waals surface area contributed by atoms with Crippen molar-refractivity contribution in [3.63, 3.8) is 0 Å². The van der Waals surface area contributed by atoms with Crippen LogP contribution in [-0.4, -0.2) is 18.5 Å². The molecule has 7 heteroatoms. The van der Waals surface area contributed by atoms with Crippen LogP contribution >= 0.6 is 38.9 Å². The van der Waals surface area contributed by atoms with Gasteiger partial charge in [0, 0.05) is 4.47 Å². The van der Waals surface area contributed by atoms with E-state index in [0.29, 0.717) is 31.5 Å². The van der Waals surface area contributed by atoms with Crippen molar-refractivity contribution in [1.82, 2.24) is 0 Å². The second-order valence-electron chi connectivity index (χ2n) is 3.97. The third-order valence-electron chi connectivity index (χ3n) is 2.53. The highest BCUT2D eigenvalue weighted by atomic mass is 79.9. The minimum Gasteiger partial charge on any atom is -0.462 e. The monoisotopic (exact) mass is 387 g/mol. The summed E-state index contributed by atoms with van der Waals surface area (Å²) in [6.07, 6.45) is 0. The van der Waals surface area contributed by atoms with Crippen molar-refractivity contribution < 1.29 is 14.3 Å². The second-order valence-corrected chi connectivity index (χ2v) is 6.54. The van der Waals surface area contributed by atoms with Crippen molar-refractivity contribution in [2.45, 2.75) is 6.92 Å². The van der Waals surface area contributed by atoms with Gasteiger partial charge in [-0.3, -0.25) is 4.79 Å². The van der Waals surface area contributed by atoms with Crippen molar-refractivity contribution in [3.8, 4) is 0 Å². The minimum atomic E-state index is -0.402. The number of rotatable bonds is 4. The van der Waals surface area contributed by atoms with Crippen LogP contribution in [0.4, 0.5) is 5.69 Å². The van der Waals surface area contributed by atoms with Gasteiger partial charge in [-0.05, 0) is 53.2 Å². The maximum Gasteiger partial charge on any atom is 0.338 e. The zero-order valence-corrected chi connectivity index (χ0v) is 14.1. The van der Waals surface area contributed by atoms with Gasteiger partial charge in [-0.15, -0.1) is 11.3 Å². The van der Waals surface area contributed by atoms with Crippen molar-refractivity contribution >= 4 is 56.4 Å². The number of amides is 1. The van der Waals surface area contributed by atoms with Gasteiger partial charge >= 0.3 is 5.97 Å². The number of thiophene rings is 1. The molecule has 0 atom stereocenters. The average molecular weight is 389 g/mol. The number of halogens is 2. The van der Waals surface area contributed by atoms with Crippen molar-refractivity contribution in [1.29, 1.82) is 0 Å². The number of hydrogen-bond donors (Lipinski definition) is 1. The van der Waals surface area contributed by atoms with E-state index in [2.05, 4.69) is 21.2 Å². The fraction of sp³-hybridized carbons (Fsp3) is 0.143. The number of ether oxygens (including phenoxy) is 1. The molecule has 0 bridgehead atoms. The lowest BCUT2D eigenvalue weighted by molar-refractivity contribution is 0.0526. The largest absolute Gasteiger partial charge is 0.462 e. The Bertz CT molecular complexity index is 687. The minimum absolute atomic E-state index is 0.253. The van der Waals surface area contributed by atoms with E-state index in [0.717, 1.165) is 0 Å². The molecule has 1 aromatic carbocycles. The van der Waals surface area contributed by atoms with Crippen LogP contribution in [0.3, 0.4) is 0 Å². The highest BCUT2D eigenvalue weighted by Crippen LogP contribution is 2.27. The van der Waals surface area contributed by atoms with Crippen LogP contribution in [0.2, 0.25) is 4.34 Å². The van der Waals surface area contributed by atoms with Gasteiger partial charge in [0.2, 0.25) is 0 Å². The first-order chi connectivity index (χ1) is 10.0. The summed E-state index contributed by atoms with van der Waals surface area (Å²) < 4.78 is 6.07. The van der Waals surface area contributed by atoms with Crippen molar-refractivity contribution in [3.05, 3.63) is 49.6 Å². The summed E-state index contributed by atoms with van der Waals surface area (Å²) in [6, 6.07) is 8.17. The van der Waals surface area contributed by atoms with Gasteiger partial charge in [0.15, 0.2) is 0 Å². The van der Waals surface area contributed by atoms with Gasteiger partial charge < -0.3 is 10.1 Å². The zero-order valence-electron chi connectivity index (χ0n) is 11.0. The molecule has 0 aliphatic carbocycles. The average Bonchev–Trinajstić information content (AvgIpc) is 2.88. The van der Waals surface area contributed by atoms with Crippen LogP contribution in [0.5, 0.6) is 0 Å². The Morgan fingerprint density at radius 2 is 2.10 bits per heavy atom. The Kier molecular flexibility index (Phi) is 5.39. The molecule has 2 aromatic rings. The van der Waals surface area contributed by atoms with E-state index in [9.17, 15) is 9.59 Å². The first-order valence-corrected chi connectivity index (χ1v) is 8.03. The molecule has 1 N–H and O–H groups in total. The van der Waals surface area contributed by atoms with E-state index in [4.69, 9.17) is 16.3 Å². The quantitative estimate of drug-likeness (QED) is 0.779. The molecular formula is C14H11BrClNO3S. The normalized spacial score (nSPS) is 10.2. The molecule has 1 amide bonds. The van der Waals surface area contributed by atoms with Crippen LogP contribution < -0.4 is 5.32 Å². The summed E-state index contributed by atoms with van der Waals surface area (Å²) >= 11 is 10.3. The lowest BCUT2D eigenvalue weighted by Crippen LogP contribution is -2.11. The first kappa shape index (κ1) is 16.0. The van der Waals surface area contributed by atoms with Crippen molar-refractivity contribution in [2.75, 3.05) is 11.9 Å². The molecular weight excluding hydrogens is 378 g/mol. The molecule has 110 valence electrons. The van der Waals surface area contributed by atoms with E-state index in [1.165, 1.54) is 11.3 Å². The fourth-order valence-corrected chi connectivity index (χ4v) is 2.99. The lowest BCUT2D eigenvalue weighted by Gasteiger charge is -2.08. The molecule has 2 rings (SSSR count). The number of carbonyl (C=O) groups excluding carboxylic acids is 2.